The molecular formula is C14H23N3O4. The van der Waals surface area contributed by atoms with Gasteiger partial charge in [-0.15, -0.1) is 0 Å². The van der Waals surface area contributed by atoms with Crippen LogP contribution >= 0.6 is 0 Å². The van der Waals surface area contributed by atoms with Crippen LogP contribution in [0.4, 0.5) is 4.79 Å². The normalized spacial score (nSPS) is 32.9. The Labute approximate surface area is 123 Å². The Morgan fingerprint density at radius 3 is 2.71 bits per heavy atom. The van der Waals surface area contributed by atoms with E-state index in [-0.39, 0.29) is 11.8 Å². The van der Waals surface area contributed by atoms with Crippen LogP contribution in [-0.2, 0) is 9.59 Å². The van der Waals surface area contributed by atoms with Gasteiger partial charge in [-0.05, 0) is 31.6 Å². The summed E-state index contributed by atoms with van der Waals surface area (Å²) < 4.78 is 0. The van der Waals surface area contributed by atoms with E-state index in [2.05, 4.69) is 16.0 Å². The second-order valence-corrected chi connectivity index (χ2v) is 6.17. The van der Waals surface area contributed by atoms with Crippen LogP contribution in [0.15, 0.2) is 0 Å². The fraction of sp³-hybridized carbons (Fsp3) is 0.786. The number of aliphatic carboxylic acids is 1. The molecule has 0 aromatic heterocycles. The van der Waals surface area contributed by atoms with Crippen molar-refractivity contribution in [3.05, 3.63) is 0 Å². The summed E-state index contributed by atoms with van der Waals surface area (Å²) in [5.74, 6) is -0.955. The second-order valence-electron chi connectivity index (χ2n) is 6.17. The van der Waals surface area contributed by atoms with Gasteiger partial charge >= 0.3 is 12.0 Å². The molecule has 1 heterocycles. The van der Waals surface area contributed by atoms with Gasteiger partial charge in [0, 0.05) is 6.54 Å². The molecule has 3 atom stereocenters. The van der Waals surface area contributed by atoms with E-state index in [0.29, 0.717) is 25.8 Å². The van der Waals surface area contributed by atoms with E-state index < -0.39 is 23.6 Å². The summed E-state index contributed by atoms with van der Waals surface area (Å²) in [7, 11) is 0. The Morgan fingerprint density at radius 1 is 1.33 bits per heavy atom. The molecule has 0 spiro atoms. The standard InChI is InChI=1S/C14H23N3O4/c1-9-4-2-6-14(8-9,12(19)20)17-13(21)16-10-5-3-7-15-11(10)18/h9-10H,2-8H2,1H3,(H,15,18)(H,19,20)(H2,16,17,21). The van der Waals surface area contributed by atoms with Crippen molar-refractivity contribution >= 4 is 17.9 Å². The number of nitrogens with one attached hydrogen (secondary N) is 3. The van der Waals surface area contributed by atoms with E-state index in [1.807, 2.05) is 6.92 Å². The largest absolute Gasteiger partial charge is 0.480 e. The molecule has 0 bridgehead atoms. The van der Waals surface area contributed by atoms with Gasteiger partial charge in [0.15, 0.2) is 0 Å². The van der Waals surface area contributed by atoms with Crippen molar-refractivity contribution in [2.24, 2.45) is 5.92 Å². The highest BCUT2D eigenvalue weighted by molar-refractivity contribution is 5.90. The van der Waals surface area contributed by atoms with Crippen LogP contribution < -0.4 is 16.0 Å². The number of rotatable bonds is 3. The summed E-state index contributed by atoms with van der Waals surface area (Å²) in [6, 6.07) is -1.15. The lowest BCUT2D eigenvalue weighted by atomic mass is 9.76. The number of hydrogen-bond donors (Lipinski definition) is 4. The van der Waals surface area contributed by atoms with Crippen LogP contribution in [0.25, 0.3) is 0 Å². The number of piperidine rings is 1. The van der Waals surface area contributed by atoms with Gasteiger partial charge in [-0.1, -0.05) is 19.8 Å². The van der Waals surface area contributed by atoms with Crippen molar-refractivity contribution in [1.82, 2.24) is 16.0 Å². The zero-order valence-electron chi connectivity index (χ0n) is 12.3. The van der Waals surface area contributed by atoms with Gasteiger partial charge < -0.3 is 21.1 Å². The quantitative estimate of drug-likeness (QED) is 0.611. The molecule has 118 valence electrons. The molecule has 0 radical (unpaired) electrons. The molecule has 1 saturated heterocycles. The molecule has 2 rings (SSSR count). The van der Waals surface area contributed by atoms with E-state index in [9.17, 15) is 19.5 Å². The highest BCUT2D eigenvalue weighted by Crippen LogP contribution is 2.32. The van der Waals surface area contributed by atoms with Gasteiger partial charge in [0.05, 0.1) is 0 Å². The van der Waals surface area contributed by atoms with Gasteiger partial charge in [-0.3, -0.25) is 4.79 Å². The number of carboxylic acid groups (broad SMARTS) is 1. The predicted molar refractivity (Wildman–Crippen MR) is 75.7 cm³/mol. The minimum absolute atomic E-state index is 0.210. The van der Waals surface area contributed by atoms with E-state index >= 15 is 0 Å². The van der Waals surface area contributed by atoms with E-state index in [4.69, 9.17) is 0 Å². The molecular weight excluding hydrogens is 274 g/mol. The maximum atomic E-state index is 12.1. The Kier molecular flexibility index (Phi) is 4.69. The van der Waals surface area contributed by atoms with Crippen LogP contribution in [0.3, 0.4) is 0 Å². The third-order valence-corrected chi connectivity index (χ3v) is 4.35. The predicted octanol–water partition coefficient (Wildman–Crippen LogP) is 0.598. The van der Waals surface area contributed by atoms with Crippen molar-refractivity contribution in [2.45, 2.75) is 57.0 Å². The van der Waals surface area contributed by atoms with Crippen molar-refractivity contribution < 1.29 is 19.5 Å². The number of carbonyl (C=O) groups is 3. The third-order valence-electron chi connectivity index (χ3n) is 4.35. The van der Waals surface area contributed by atoms with E-state index in [1.165, 1.54) is 0 Å². The second kappa shape index (κ2) is 6.32. The Hall–Kier alpha value is -1.79. The Balaban J connectivity index is 1.98. The van der Waals surface area contributed by atoms with Crippen molar-refractivity contribution in [3.63, 3.8) is 0 Å². The average Bonchev–Trinajstić information content (AvgIpc) is 2.41. The van der Waals surface area contributed by atoms with Crippen molar-refractivity contribution in [2.75, 3.05) is 6.54 Å². The maximum absolute atomic E-state index is 12.1. The first-order valence-corrected chi connectivity index (χ1v) is 7.53. The summed E-state index contributed by atoms with van der Waals surface area (Å²) in [6.45, 7) is 2.61. The third kappa shape index (κ3) is 3.65. The van der Waals surface area contributed by atoms with E-state index in [0.717, 1.165) is 19.3 Å². The summed E-state index contributed by atoms with van der Waals surface area (Å²) in [5.41, 5.74) is -1.22. The van der Waals surface area contributed by atoms with Crippen LogP contribution in [0.1, 0.15) is 45.4 Å². The fourth-order valence-electron chi connectivity index (χ4n) is 3.23. The molecule has 7 heteroatoms. The molecule has 1 aliphatic carbocycles. The number of urea groups is 1. The molecule has 2 aliphatic rings. The molecule has 2 fully saturated rings. The fourth-order valence-corrected chi connectivity index (χ4v) is 3.23. The van der Waals surface area contributed by atoms with Gasteiger partial charge in [0.2, 0.25) is 5.91 Å². The Morgan fingerprint density at radius 2 is 2.10 bits per heavy atom. The first-order valence-electron chi connectivity index (χ1n) is 7.53. The molecule has 0 aromatic carbocycles. The molecule has 3 unspecified atom stereocenters. The lowest BCUT2D eigenvalue weighted by Crippen LogP contribution is -2.61. The zero-order valence-corrected chi connectivity index (χ0v) is 12.3. The molecule has 7 nitrogen and oxygen atoms in total. The van der Waals surface area contributed by atoms with Gasteiger partial charge in [0.1, 0.15) is 11.6 Å². The number of amides is 3. The number of hydrogen-bond acceptors (Lipinski definition) is 3. The topological polar surface area (TPSA) is 108 Å². The summed E-state index contributed by atoms with van der Waals surface area (Å²) in [4.78, 5) is 35.3. The first kappa shape index (κ1) is 15.6. The average molecular weight is 297 g/mol. The van der Waals surface area contributed by atoms with Crippen molar-refractivity contribution in [1.29, 1.82) is 0 Å². The van der Waals surface area contributed by atoms with Crippen LogP contribution in [0.2, 0.25) is 0 Å². The van der Waals surface area contributed by atoms with Crippen LogP contribution in [0, 0.1) is 5.92 Å². The van der Waals surface area contributed by atoms with E-state index in [1.54, 1.807) is 0 Å². The van der Waals surface area contributed by atoms with Gasteiger partial charge in [0.25, 0.3) is 0 Å². The van der Waals surface area contributed by atoms with Gasteiger partial charge in [-0.2, -0.15) is 0 Å². The monoisotopic (exact) mass is 297 g/mol. The number of carboxylic acids is 1. The molecule has 1 saturated carbocycles. The van der Waals surface area contributed by atoms with Crippen molar-refractivity contribution in [3.8, 4) is 0 Å². The first-order chi connectivity index (χ1) is 9.93. The highest BCUT2D eigenvalue weighted by atomic mass is 16.4. The maximum Gasteiger partial charge on any atom is 0.329 e. The SMILES string of the molecule is CC1CCCC(NC(=O)NC2CCCNC2=O)(C(=O)O)C1. The molecule has 0 aromatic rings. The lowest BCUT2D eigenvalue weighted by molar-refractivity contribution is -0.146. The minimum Gasteiger partial charge on any atom is -0.480 e. The molecule has 3 amide bonds. The highest BCUT2D eigenvalue weighted by Gasteiger charge is 2.43. The van der Waals surface area contributed by atoms with Crippen LogP contribution in [0.5, 0.6) is 0 Å². The molecule has 21 heavy (non-hydrogen) atoms. The summed E-state index contributed by atoms with van der Waals surface area (Å²) >= 11 is 0. The summed E-state index contributed by atoms with van der Waals surface area (Å²) in [5, 5.41) is 17.4. The minimum atomic E-state index is -1.22. The number of carbonyl (C=O) groups excluding carboxylic acids is 2. The van der Waals surface area contributed by atoms with Gasteiger partial charge in [-0.25, -0.2) is 9.59 Å². The smallest absolute Gasteiger partial charge is 0.329 e. The summed E-state index contributed by atoms with van der Waals surface area (Å²) in [6.07, 6.45) is 3.98. The lowest BCUT2D eigenvalue weighted by Gasteiger charge is -2.37. The zero-order chi connectivity index (χ0) is 15.5. The van der Waals surface area contributed by atoms with Crippen LogP contribution in [-0.4, -0.2) is 41.1 Å². The molecule has 1 aliphatic heterocycles. The Bertz CT molecular complexity index is 440. The molecule has 4 N–H and O–H groups in total.